The van der Waals surface area contributed by atoms with Gasteiger partial charge in [-0.1, -0.05) is 17.7 Å². The van der Waals surface area contributed by atoms with Crippen molar-refractivity contribution in [3.8, 4) is 5.75 Å². The highest BCUT2D eigenvalue weighted by Gasteiger charge is 2.08. The zero-order valence-electron chi connectivity index (χ0n) is 10.9. The van der Waals surface area contributed by atoms with Crippen LogP contribution in [0.5, 0.6) is 5.75 Å². The number of rotatable bonds is 4. The highest BCUT2D eigenvalue weighted by molar-refractivity contribution is 6.32. The van der Waals surface area contributed by atoms with Gasteiger partial charge in [0.1, 0.15) is 12.4 Å². The predicted molar refractivity (Wildman–Crippen MR) is 75.6 cm³/mol. The van der Waals surface area contributed by atoms with E-state index in [1.165, 1.54) is 12.0 Å². The van der Waals surface area contributed by atoms with Crippen LogP contribution in [0.25, 0.3) is 0 Å². The topological polar surface area (TPSA) is 24.5 Å². The Hall–Kier alpha value is -0.770. The van der Waals surface area contributed by atoms with Gasteiger partial charge in [0.25, 0.3) is 0 Å². The number of aryl methyl sites for hydroxylation is 1. The van der Waals surface area contributed by atoms with Crippen molar-refractivity contribution < 1.29 is 4.74 Å². The molecular formula is C14H21ClN2O. The molecule has 0 aromatic heterocycles. The maximum Gasteiger partial charge on any atom is 0.138 e. The molecule has 0 radical (unpaired) electrons. The quantitative estimate of drug-likeness (QED) is 0.907. The largest absolute Gasteiger partial charge is 0.491 e. The molecule has 4 heteroatoms. The fraction of sp³-hybridized carbons (Fsp3) is 0.571. The molecule has 1 heterocycles. The van der Waals surface area contributed by atoms with Crippen molar-refractivity contribution in [3.63, 3.8) is 0 Å². The molecule has 0 bridgehead atoms. The summed E-state index contributed by atoms with van der Waals surface area (Å²) in [5.74, 6) is 0.796. The van der Waals surface area contributed by atoms with E-state index in [0.29, 0.717) is 11.6 Å². The van der Waals surface area contributed by atoms with Crippen LogP contribution in [0, 0.1) is 6.92 Å². The van der Waals surface area contributed by atoms with E-state index in [-0.39, 0.29) is 0 Å². The van der Waals surface area contributed by atoms with E-state index >= 15 is 0 Å². The molecule has 1 fully saturated rings. The fourth-order valence-electron chi connectivity index (χ4n) is 2.13. The first kappa shape index (κ1) is 13.7. The Bertz CT molecular complexity index is 376. The highest BCUT2D eigenvalue weighted by Crippen LogP contribution is 2.25. The zero-order valence-corrected chi connectivity index (χ0v) is 11.7. The standard InChI is InChI=1S/C14H21ClN2O/c1-12-3-4-13(15)14(11-12)18-10-9-17-7-2-5-16-6-8-17/h3-4,11,16H,2,5-10H2,1H3. The van der Waals surface area contributed by atoms with Gasteiger partial charge in [-0.05, 0) is 44.1 Å². The molecule has 1 aromatic rings. The average molecular weight is 269 g/mol. The molecule has 0 spiro atoms. The van der Waals surface area contributed by atoms with E-state index in [1.807, 2.05) is 25.1 Å². The van der Waals surface area contributed by atoms with Crippen LogP contribution < -0.4 is 10.1 Å². The Morgan fingerprint density at radius 1 is 1.33 bits per heavy atom. The van der Waals surface area contributed by atoms with Crippen LogP contribution >= 0.6 is 11.6 Å². The Labute approximate surface area is 114 Å². The van der Waals surface area contributed by atoms with Gasteiger partial charge in [-0.2, -0.15) is 0 Å². The van der Waals surface area contributed by atoms with E-state index < -0.39 is 0 Å². The molecule has 18 heavy (non-hydrogen) atoms. The third-order valence-electron chi connectivity index (χ3n) is 3.18. The minimum absolute atomic E-state index is 0.693. The Kier molecular flexibility index (Phi) is 5.29. The smallest absolute Gasteiger partial charge is 0.138 e. The summed E-state index contributed by atoms with van der Waals surface area (Å²) in [4.78, 5) is 2.43. The first-order chi connectivity index (χ1) is 8.75. The van der Waals surface area contributed by atoms with Crippen LogP contribution in [-0.4, -0.2) is 44.2 Å². The first-order valence-corrected chi connectivity index (χ1v) is 6.95. The lowest BCUT2D eigenvalue weighted by atomic mass is 10.2. The second kappa shape index (κ2) is 6.98. The number of hydrogen-bond donors (Lipinski definition) is 1. The van der Waals surface area contributed by atoms with Crippen molar-refractivity contribution in [3.05, 3.63) is 28.8 Å². The van der Waals surface area contributed by atoms with Gasteiger partial charge in [-0.3, -0.25) is 4.90 Å². The van der Waals surface area contributed by atoms with Crippen molar-refractivity contribution in [1.29, 1.82) is 0 Å². The average Bonchev–Trinajstić information content (AvgIpc) is 2.62. The third-order valence-corrected chi connectivity index (χ3v) is 3.50. The molecule has 1 aliphatic heterocycles. The molecular weight excluding hydrogens is 248 g/mol. The molecule has 0 aliphatic carbocycles. The Morgan fingerprint density at radius 2 is 2.22 bits per heavy atom. The molecule has 1 N–H and O–H groups in total. The first-order valence-electron chi connectivity index (χ1n) is 6.58. The summed E-state index contributed by atoms with van der Waals surface area (Å²) in [6, 6.07) is 5.88. The summed E-state index contributed by atoms with van der Waals surface area (Å²) in [6.45, 7) is 8.16. The van der Waals surface area contributed by atoms with Gasteiger partial charge >= 0.3 is 0 Å². The molecule has 1 aromatic carbocycles. The molecule has 0 atom stereocenters. The fourth-order valence-corrected chi connectivity index (χ4v) is 2.30. The second-order valence-corrected chi connectivity index (χ2v) is 5.13. The van der Waals surface area contributed by atoms with E-state index in [2.05, 4.69) is 10.2 Å². The lowest BCUT2D eigenvalue weighted by Crippen LogP contribution is -2.31. The van der Waals surface area contributed by atoms with Gasteiger partial charge in [-0.25, -0.2) is 0 Å². The molecule has 3 nitrogen and oxygen atoms in total. The van der Waals surface area contributed by atoms with Crippen LogP contribution in [0.3, 0.4) is 0 Å². The van der Waals surface area contributed by atoms with Gasteiger partial charge in [0.15, 0.2) is 0 Å². The minimum Gasteiger partial charge on any atom is -0.491 e. The number of ether oxygens (including phenoxy) is 1. The van der Waals surface area contributed by atoms with Crippen LogP contribution in [-0.2, 0) is 0 Å². The normalized spacial score (nSPS) is 17.4. The number of benzene rings is 1. The number of nitrogens with zero attached hydrogens (tertiary/aromatic N) is 1. The van der Waals surface area contributed by atoms with E-state index in [4.69, 9.17) is 16.3 Å². The van der Waals surface area contributed by atoms with Crippen LogP contribution in [0.15, 0.2) is 18.2 Å². The number of nitrogens with one attached hydrogen (secondary N) is 1. The van der Waals surface area contributed by atoms with E-state index in [0.717, 1.165) is 38.5 Å². The van der Waals surface area contributed by atoms with Gasteiger partial charge in [0.05, 0.1) is 5.02 Å². The summed E-state index contributed by atoms with van der Waals surface area (Å²) < 4.78 is 5.77. The van der Waals surface area contributed by atoms with E-state index in [9.17, 15) is 0 Å². The lowest BCUT2D eigenvalue weighted by Gasteiger charge is -2.19. The molecule has 1 aliphatic rings. The second-order valence-electron chi connectivity index (χ2n) is 4.73. The van der Waals surface area contributed by atoms with Gasteiger partial charge in [0.2, 0.25) is 0 Å². The monoisotopic (exact) mass is 268 g/mol. The number of halogens is 1. The van der Waals surface area contributed by atoms with Crippen LogP contribution in [0.2, 0.25) is 5.02 Å². The van der Waals surface area contributed by atoms with Crippen molar-refractivity contribution in [1.82, 2.24) is 10.2 Å². The minimum atomic E-state index is 0.693. The van der Waals surface area contributed by atoms with Crippen LogP contribution in [0.4, 0.5) is 0 Å². The lowest BCUT2D eigenvalue weighted by molar-refractivity contribution is 0.217. The Balaban J connectivity index is 1.78. The Morgan fingerprint density at radius 3 is 3.11 bits per heavy atom. The number of hydrogen-bond acceptors (Lipinski definition) is 3. The molecule has 100 valence electrons. The van der Waals surface area contributed by atoms with Gasteiger partial charge < -0.3 is 10.1 Å². The zero-order chi connectivity index (χ0) is 12.8. The SMILES string of the molecule is Cc1ccc(Cl)c(OCCN2CCCNCC2)c1. The summed E-state index contributed by atoms with van der Waals surface area (Å²) in [7, 11) is 0. The van der Waals surface area contributed by atoms with Crippen molar-refractivity contribution in [2.45, 2.75) is 13.3 Å². The predicted octanol–water partition coefficient (Wildman–Crippen LogP) is 2.32. The summed E-state index contributed by atoms with van der Waals surface area (Å²) in [5.41, 5.74) is 1.17. The maximum absolute atomic E-state index is 6.10. The van der Waals surface area contributed by atoms with Gasteiger partial charge in [-0.15, -0.1) is 0 Å². The van der Waals surface area contributed by atoms with Crippen molar-refractivity contribution in [2.75, 3.05) is 39.3 Å². The van der Waals surface area contributed by atoms with E-state index in [1.54, 1.807) is 0 Å². The maximum atomic E-state index is 6.10. The molecule has 1 saturated heterocycles. The van der Waals surface area contributed by atoms with Crippen LogP contribution in [0.1, 0.15) is 12.0 Å². The van der Waals surface area contributed by atoms with Gasteiger partial charge in [0, 0.05) is 19.6 Å². The molecule has 0 saturated carbocycles. The highest BCUT2D eigenvalue weighted by atomic mass is 35.5. The summed E-state index contributed by atoms with van der Waals surface area (Å²) in [6.07, 6.45) is 1.21. The molecule has 0 unspecified atom stereocenters. The van der Waals surface area contributed by atoms with Crippen molar-refractivity contribution >= 4 is 11.6 Å². The van der Waals surface area contributed by atoms with Crippen molar-refractivity contribution in [2.24, 2.45) is 0 Å². The molecule has 2 rings (SSSR count). The summed E-state index contributed by atoms with van der Waals surface area (Å²) in [5, 5.41) is 4.09. The third kappa shape index (κ3) is 4.16. The molecule has 0 amide bonds. The summed E-state index contributed by atoms with van der Waals surface area (Å²) >= 11 is 6.10.